The number of carbonyl (C=O) groups is 1. The minimum Gasteiger partial charge on any atom is -0.480 e. The van der Waals surface area contributed by atoms with Crippen molar-refractivity contribution in [1.29, 1.82) is 0 Å². The lowest BCUT2D eigenvalue weighted by molar-refractivity contribution is -0.139. The van der Waals surface area contributed by atoms with E-state index < -0.39 is 5.97 Å². The zero-order valence-electron chi connectivity index (χ0n) is 6.95. The molecule has 0 aromatic heterocycles. The summed E-state index contributed by atoms with van der Waals surface area (Å²) in [4.78, 5) is 12.0. The number of aliphatic carboxylic acids is 1. The molecule has 0 bridgehead atoms. The molecular formula is C7H15NO3. The second kappa shape index (κ2) is 5.09. The van der Waals surface area contributed by atoms with Crippen molar-refractivity contribution in [2.24, 2.45) is 0 Å². The molecule has 0 saturated heterocycles. The average molecular weight is 161 g/mol. The van der Waals surface area contributed by atoms with E-state index in [1.165, 1.54) is 0 Å². The molecule has 11 heavy (non-hydrogen) atoms. The average Bonchev–Trinajstić information content (AvgIpc) is 1.98. The van der Waals surface area contributed by atoms with Crippen LogP contribution in [0, 0.1) is 0 Å². The van der Waals surface area contributed by atoms with Crippen molar-refractivity contribution < 1.29 is 15.0 Å². The molecule has 0 aromatic rings. The summed E-state index contributed by atoms with van der Waals surface area (Å²) in [5.41, 5.74) is 0. The highest BCUT2D eigenvalue weighted by molar-refractivity contribution is 5.69. The standard InChI is InChI=1S/C7H15NO3/c1-3-8(4-7(10)11)6(2)5-9/h6,9H,3-5H2,1-2H3,(H,10,11). The molecule has 0 amide bonds. The van der Waals surface area contributed by atoms with E-state index in [9.17, 15) is 4.79 Å². The van der Waals surface area contributed by atoms with E-state index >= 15 is 0 Å². The first-order valence-electron chi connectivity index (χ1n) is 3.68. The molecule has 1 atom stereocenters. The molecule has 0 rings (SSSR count). The van der Waals surface area contributed by atoms with Crippen LogP contribution in [0.4, 0.5) is 0 Å². The second-order valence-electron chi connectivity index (χ2n) is 2.49. The third-order valence-electron chi connectivity index (χ3n) is 1.63. The zero-order chi connectivity index (χ0) is 8.85. The van der Waals surface area contributed by atoms with Crippen LogP contribution < -0.4 is 0 Å². The van der Waals surface area contributed by atoms with Gasteiger partial charge in [0.05, 0.1) is 13.2 Å². The van der Waals surface area contributed by atoms with Gasteiger partial charge in [0, 0.05) is 6.04 Å². The van der Waals surface area contributed by atoms with Gasteiger partial charge in [-0.05, 0) is 13.5 Å². The van der Waals surface area contributed by atoms with Crippen molar-refractivity contribution >= 4 is 5.97 Å². The van der Waals surface area contributed by atoms with Crippen LogP contribution in [0.3, 0.4) is 0 Å². The largest absolute Gasteiger partial charge is 0.480 e. The van der Waals surface area contributed by atoms with Gasteiger partial charge < -0.3 is 10.2 Å². The number of hydrogen-bond acceptors (Lipinski definition) is 3. The first-order valence-corrected chi connectivity index (χ1v) is 3.68. The summed E-state index contributed by atoms with van der Waals surface area (Å²) >= 11 is 0. The molecule has 0 radical (unpaired) electrons. The molecular weight excluding hydrogens is 146 g/mol. The molecule has 4 nitrogen and oxygen atoms in total. The van der Waals surface area contributed by atoms with Crippen molar-refractivity contribution in [3.05, 3.63) is 0 Å². The minimum absolute atomic E-state index is 0.00111. The van der Waals surface area contributed by atoms with Gasteiger partial charge in [0.25, 0.3) is 0 Å². The number of hydrogen-bond donors (Lipinski definition) is 2. The number of rotatable bonds is 5. The maximum atomic E-state index is 10.3. The van der Waals surface area contributed by atoms with E-state index in [0.717, 1.165) is 0 Å². The Hall–Kier alpha value is -0.610. The van der Waals surface area contributed by atoms with Gasteiger partial charge in [-0.25, -0.2) is 0 Å². The predicted octanol–water partition coefficient (Wildman–Crippen LogP) is -0.226. The van der Waals surface area contributed by atoms with E-state index in [1.54, 1.807) is 11.8 Å². The van der Waals surface area contributed by atoms with E-state index in [0.29, 0.717) is 6.54 Å². The van der Waals surface area contributed by atoms with Gasteiger partial charge in [0.2, 0.25) is 0 Å². The van der Waals surface area contributed by atoms with E-state index in [2.05, 4.69) is 0 Å². The molecule has 4 heteroatoms. The second-order valence-corrected chi connectivity index (χ2v) is 2.49. The first kappa shape index (κ1) is 10.4. The lowest BCUT2D eigenvalue weighted by atomic mass is 10.3. The fourth-order valence-corrected chi connectivity index (χ4v) is 0.869. The van der Waals surface area contributed by atoms with Crippen LogP contribution in [0.2, 0.25) is 0 Å². The summed E-state index contributed by atoms with van der Waals surface area (Å²) in [7, 11) is 0. The quantitative estimate of drug-likeness (QED) is 0.585. The van der Waals surface area contributed by atoms with E-state index in [1.807, 2.05) is 6.92 Å². The summed E-state index contributed by atoms with van der Waals surface area (Å²) < 4.78 is 0. The normalized spacial score (nSPS) is 13.5. The van der Waals surface area contributed by atoms with Gasteiger partial charge in [-0.1, -0.05) is 6.92 Å². The van der Waals surface area contributed by atoms with Gasteiger partial charge in [-0.15, -0.1) is 0 Å². The Bertz CT molecular complexity index is 127. The van der Waals surface area contributed by atoms with Crippen LogP contribution in [0.5, 0.6) is 0 Å². The van der Waals surface area contributed by atoms with Gasteiger partial charge >= 0.3 is 5.97 Å². The molecule has 0 heterocycles. The first-order chi connectivity index (χ1) is 5.11. The molecule has 2 N–H and O–H groups in total. The fourth-order valence-electron chi connectivity index (χ4n) is 0.869. The molecule has 0 aliphatic carbocycles. The third-order valence-corrected chi connectivity index (χ3v) is 1.63. The smallest absolute Gasteiger partial charge is 0.317 e. The SMILES string of the molecule is CCN(CC(=O)O)C(C)CO. The fraction of sp³-hybridized carbons (Fsp3) is 0.857. The molecule has 0 fully saturated rings. The Labute approximate surface area is 66.4 Å². The summed E-state index contributed by atoms with van der Waals surface area (Å²) in [5.74, 6) is -0.854. The monoisotopic (exact) mass is 161 g/mol. The van der Waals surface area contributed by atoms with E-state index in [-0.39, 0.29) is 19.2 Å². The predicted molar refractivity (Wildman–Crippen MR) is 41.4 cm³/mol. The Morgan fingerprint density at radius 3 is 2.45 bits per heavy atom. The summed E-state index contributed by atoms with van der Waals surface area (Å²) in [6.07, 6.45) is 0. The molecule has 0 aliphatic heterocycles. The highest BCUT2D eigenvalue weighted by atomic mass is 16.4. The number of likely N-dealkylation sites (N-methyl/N-ethyl adjacent to an activating group) is 1. The molecule has 0 aliphatic rings. The molecule has 0 saturated carbocycles. The number of nitrogens with zero attached hydrogens (tertiary/aromatic N) is 1. The Morgan fingerprint density at radius 2 is 2.18 bits per heavy atom. The molecule has 66 valence electrons. The molecule has 1 unspecified atom stereocenters. The van der Waals surface area contributed by atoms with Gasteiger partial charge in [0.15, 0.2) is 0 Å². The number of aliphatic hydroxyl groups excluding tert-OH is 1. The van der Waals surface area contributed by atoms with Crippen molar-refractivity contribution in [1.82, 2.24) is 4.90 Å². The lowest BCUT2D eigenvalue weighted by Gasteiger charge is -2.23. The van der Waals surface area contributed by atoms with Crippen LogP contribution in [0.1, 0.15) is 13.8 Å². The number of carboxylic acids is 1. The number of aliphatic hydroxyl groups is 1. The van der Waals surface area contributed by atoms with Crippen LogP contribution >= 0.6 is 0 Å². The van der Waals surface area contributed by atoms with Crippen molar-refractivity contribution in [2.75, 3.05) is 19.7 Å². The van der Waals surface area contributed by atoms with E-state index in [4.69, 9.17) is 10.2 Å². The van der Waals surface area contributed by atoms with Crippen LogP contribution in [0.15, 0.2) is 0 Å². The van der Waals surface area contributed by atoms with Crippen LogP contribution in [-0.4, -0.2) is 46.8 Å². The summed E-state index contributed by atoms with van der Waals surface area (Å²) in [5, 5.41) is 17.2. The summed E-state index contributed by atoms with van der Waals surface area (Å²) in [6.45, 7) is 4.31. The van der Waals surface area contributed by atoms with Gasteiger partial charge in [-0.3, -0.25) is 9.69 Å². The molecule has 0 aromatic carbocycles. The third kappa shape index (κ3) is 3.95. The van der Waals surface area contributed by atoms with Crippen LogP contribution in [-0.2, 0) is 4.79 Å². The topological polar surface area (TPSA) is 60.8 Å². The lowest BCUT2D eigenvalue weighted by Crippen LogP contribution is -2.39. The van der Waals surface area contributed by atoms with Crippen molar-refractivity contribution in [3.8, 4) is 0 Å². The Morgan fingerprint density at radius 1 is 1.64 bits per heavy atom. The van der Waals surface area contributed by atoms with Crippen LogP contribution in [0.25, 0.3) is 0 Å². The highest BCUT2D eigenvalue weighted by Crippen LogP contribution is 1.96. The Balaban J connectivity index is 3.84. The zero-order valence-corrected chi connectivity index (χ0v) is 6.95. The van der Waals surface area contributed by atoms with Gasteiger partial charge in [0.1, 0.15) is 0 Å². The molecule has 0 spiro atoms. The Kier molecular flexibility index (Phi) is 4.81. The van der Waals surface area contributed by atoms with Gasteiger partial charge in [-0.2, -0.15) is 0 Å². The number of carboxylic acid groups (broad SMARTS) is 1. The minimum atomic E-state index is -0.854. The van der Waals surface area contributed by atoms with Crippen molar-refractivity contribution in [2.45, 2.75) is 19.9 Å². The highest BCUT2D eigenvalue weighted by Gasteiger charge is 2.13. The maximum absolute atomic E-state index is 10.3. The maximum Gasteiger partial charge on any atom is 0.317 e. The summed E-state index contributed by atoms with van der Waals surface area (Å²) in [6, 6.07) is -0.0731. The van der Waals surface area contributed by atoms with Crippen molar-refractivity contribution in [3.63, 3.8) is 0 Å².